The fourth-order valence-electron chi connectivity index (χ4n) is 4.98. The van der Waals surface area contributed by atoms with Gasteiger partial charge in [-0.15, -0.1) is 0 Å². The summed E-state index contributed by atoms with van der Waals surface area (Å²) in [6.45, 7) is 2.27. The second kappa shape index (κ2) is 8.97. The van der Waals surface area contributed by atoms with Crippen LogP contribution in [-0.2, 0) is 15.0 Å². The van der Waals surface area contributed by atoms with Crippen LogP contribution in [0.15, 0.2) is 66.7 Å². The van der Waals surface area contributed by atoms with Crippen molar-refractivity contribution in [3.63, 3.8) is 0 Å². The monoisotopic (exact) mass is 466 g/mol. The molecule has 3 aromatic rings. The van der Waals surface area contributed by atoms with Crippen molar-refractivity contribution < 1.29 is 9.59 Å². The van der Waals surface area contributed by atoms with Crippen LogP contribution in [0.4, 0.5) is 5.69 Å². The first-order valence-electron chi connectivity index (χ1n) is 10.5. The molecule has 4 rings (SSSR count). The second-order valence-corrected chi connectivity index (χ2v) is 9.24. The minimum atomic E-state index is -1.12. The van der Waals surface area contributed by atoms with Crippen molar-refractivity contribution in [1.82, 2.24) is 5.32 Å². The lowest BCUT2D eigenvalue weighted by Crippen LogP contribution is -2.43. The molecule has 1 saturated heterocycles. The molecule has 32 heavy (non-hydrogen) atoms. The van der Waals surface area contributed by atoms with Crippen LogP contribution in [0.3, 0.4) is 0 Å². The lowest BCUT2D eigenvalue weighted by molar-refractivity contribution is -0.121. The molecule has 1 amide bonds. The molecule has 0 spiro atoms. The summed E-state index contributed by atoms with van der Waals surface area (Å²) in [5.41, 5.74) is 9.25. The first-order valence-corrected chi connectivity index (χ1v) is 11.2. The lowest BCUT2D eigenvalue weighted by Gasteiger charge is -2.42. The standard InChI is InChI=1S/C26H24Cl2N2O2/c1-16-4-2-5-17(10-16)22-13-25(32)30-14-23(18-6-3-7-19(27)11-18)26(22,15-31)21-9-8-20(28)12-24(21)29/h2-12,15,22-23H,13-14,29H2,1H3,(H,30,32)/t22-,23+,26+/m0/s1. The maximum atomic E-state index is 13.3. The van der Waals surface area contributed by atoms with Gasteiger partial charge in [0.05, 0.1) is 5.41 Å². The number of benzene rings is 3. The Bertz CT molecular complexity index is 1180. The van der Waals surface area contributed by atoms with E-state index >= 15 is 0 Å². The molecule has 6 heteroatoms. The van der Waals surface area contributed by atoms with E-state index in [1.54, 1.807) is 18.2 Å². The van der Waals surface area contributed by atoms with Crippen LogP contribution in [0, 0.1) is 6.92 Å². The summed E-state index contributed by atoms with van der Waals surface area (Å²) in [6.07, 6.45) is 1.12. The maximum absolute atomic E-state index is 13.3. The van der Waals surface area contributed by atoms with Crippen molar-refractivity contribution in [2.75, 3.05) is 12.3 Å². The van der Waals surface area contributed by atoms with E-state index in [-0.39, 0.29) is 24.8 Å². The van der Waals surface area contributed by atoms with E-state index in [9.17, 15) is 9.59 Å². The average Bonchev–Trinajstić information content (AvgIpc) is 2.90. The molecule has 0 aliphatic carbocycles. The SMILES string of the molecule is Cc1cccc([C@@H]2CC(=O)NC[C@H](c3cccc(Cl)c3)[C@]2(C=O)c2ccc(Cl)cc2N)c1. The average molecular weight is 467 g/mol. The molecule has 0 radical (unpaired) electrons. The van der Waals surface area contributed by atoms with Crippen molar-refractivity contribution in [3.8, 4) is 0 Å². The van der Waals surface area contributed by atoms with Crippen LogP contribution in [0.2, 0.25) is 10.0 Å². The molecular weight excluding hydrogens is 443 g/mol. The number of carbonyl (C=O) groups is 2. The molecule has 0 unspecified atom stereocenters. The van der Waals surface area contributed by atoms with E-state index < -0.39 is 11.3 Å². The third kappa shape index (κ3) is 4.01. The number of nitrogens with two attached hydrogens (primary N) is 1. The van der Waals surface area contributed by atoms with E-state index in [0.29, 0.717) is 21.3 Å². The van der Waals surface area contributed by atoms with Gasteiger partial charge in [-0.25, -0.2) is 0 Å². The van der Waals surface area contributed by atoms with E-state index in [1.165, 1.54) is 0 Å². The highest BCUT2D eigenvalue weighted by Gasteiger charge is 2.51. The van der Waals surface area contributed by atoms with Gasteiger partial charge in [-0.2, -0.15) is 0 Å². The van der Waals surface area contributed by atoms with Gasteiger partial charge in [0.2, 0.25) is 5.91 Å². The number of halogens is 2. The number of rotatable bonds is 4. The first kappa shape index (κ1) is 22.4. The smallest absolute Gasteiger partial charge is 0.220 e. The molecule has 4 nitrogen and oxygen atoms in total. The summed E-state index contributed by atoms with van der Waals surface area (Å²) < 4.78 is 0. The quantitative estimate of drug-likeness (QED) is 0.398. The van der Waals surface area contributed by atoms with Gasteiger partial charge < -0.3 is 15.8 Å². The summed E-state index contributed by atoms with van der Waals surface area (Å²) in [7, 11) is 0. The van der Waals surface area contributed by atoms with Crippen molar-refractivity contribution in [2.45, 2.75) is 30.6 Å². The van der Waals surface area contributed by atoms with Gasteiger partial charge in [0, 0.05) is 40.5 Å². The number of carbonyl (C=O) groups excluding carboxylic acids is 2. The molecule has 1 fully saturated rings. The Morgan fingerprint density at radius 2 is 1.66 bits per heavy atom. The Morgan fingerprint density at radius 1 is 0.969 bits per heavy atom. The number of nitrogen functional groups attached to an aromatic ring is 1. The summed E-state index contributed by atoms with van der Waals surface area (Å²) in [5.74, 6) is -0.936. The molecule has 0 saturated carbocycles. The predicted octanol–water partition coefficient (Wildman–Crippen LogP) is 5.41. The number of hydrogen-bond acceptors (Lipinski definition) is 3. The third-order valence-electron chi connectivity index (χ3n) is 6.42. The Morgan fingerprint density at radius 3 is 2.31 bits per heavy atom. The molecule has 1 heterocycles. The summed E-state index contributed by atoms with van der Waals surface area (Å²) in [5, 5.41) is 4.06. The van der Waals surface area contributed by atoms with Crippen molar-refractivity contribution in [2.24, 2.45) is 0 Å². The van der Waals surface area contributed by atoms with E-state index in [2.05, 4.69) is 5.32 Å². The van der Waals surface area contributed by atoms with Gasteiger partial charge in [0.1, 0.15) is 6.29 Å². The van der Waals surface area contributed by atoms with Crippen LogP contribution in [0.1, 0.15) is 40.5 Å². The van der Waals surface area contributed by atoms with Gasteiger partial charge >= 0.3 is 0 Å². The number of aldehydes is 1. The molecule has 164 valence electrons. The minimum absolute atomic E-state index is 0.111. The van der Waals surface area contributed by atoms with E-state index in [4.69, 9.17) is 28.9 Å². The zero-order chi connectivity index (χ0) is 22.9. The number of nitrogens with one attached hydrogen (secondary N) is 1. The van der Waals surface area contributed by atoms with Crippen LogP contribution >= 0.6 is 23.2 Å². The predicted molar refractivity (Wildman–Crippen MR) is 129 cm³/mol. The van der Waals surface area contributed by atoms with Gasteiger partial charge in [-0.3, -0.25) is 4.79 Å². The van der Waals surface area contributed by atoms with Crippen LogP contribution in [0.5, 0.6) is 0 Å². The normalized spacial score (nSPS) is 23.3. The molecule has 1 aliphatic heterocycles. The van der Waals surface area contributed by atoms with Crippen LogP contribution in [-0.4, -0.2) is 18.7 Å². The van der Waals surface area contributed by atoms with Crippen molar-refractivity contribution in [1.29, 1.82) is 0 Å². The number of anilines is 1. The third-order valence-corrected chi connectivity index (χ3v) is 6.89. The van der Waals surface area contributed by atoms with Crippen LogP contribution < -0.4 is 11.1 Å². The Kier molecular flexibility index (Phi) is 6.27. The Hall–Kier alpha value is -2.82. The van der Waals surface area contributed by atoms with E-state index in [1.807, 2.05) is 55.5 Å². The van der Waals surface area contributed by atoms with Crippen LogP contribution in [0.25, 0.3) is 0 Å². The number of aryl methyl sites for hydroxylation is 1. The Labute approximate surface area is 197 Å². The molecule has 3 atom stereocenters. The van der Waals surface area contributed by atoms with Crippen molar-refractivity contribution >= 4 is 41.1 Å². The molecule has 0 bridgehead atoms. The number of hydrogen-bond donors (Lipinski definition) is 2. The first-order chi connectivity index (χ1) is 15.3. The highest BCUT2D eigenvalue weighted by atomic mass is 35.5. The second-order valence-electron chi connectivity index (χ2n) is 8.36. The molecule has 1 aliphatic rings. The van der Waals surface area contributed by atoms with Gasteiger partial charge in [0.15, 0.2) is 0 Å². The molecule has 3 N–H and O–H groups in total. The largest absolute Gasteiger partial charge is 0.398 e. The lowest BCUT2D eigenvalue weighted by atomic mass is 9.59. The van der Waals surface area contributed by atoms with E-state index in [0.717, 1.165) is 23.0 Å². The fraction of sp³-hybridized carbons (Fsp3) is 0.231. The zero-order valence-corrected chi connectivity index (χ0v) is 19.2. The topological polar surface area (TPSA) is 72.2 Å². The Balaban J connectivity index is 2.05. The van der Waals surface area contributed by atoms with Gasteiger partial charge in [0.25, 0.3) is 0 Å². The minimum Gasteiger partial charge on any atom is -0.398 e. The number of amides is 1. The molecule has 0 aromatic heterocycles. The summed E-state index contributed by atoms with van der Waals surface area (Å²) in [6, 6.07) is 20.6. The summed E-state index contributed by atoms with van der Waals surface area (Å²) in [4.78, 5) is 26.1. The highest BCUT2D eigenvalue weighted by molar-refractivity contribution is 6.31. The highest BCUT2D eigenvalue weighted by Crippen LogP contribution is 2.52. The van der Waals surface area contributed by atoms with Gasteiger partial charge in [-0.05, 0) is 47.9 Å². The van der Waals surface area contributed by atoms with Crippen molar-refractivity contribution in [3.05, 3.63) is 99.0 Å². The zero-order valence-electron chi connectivity index (χ0n) is 17.6. The molecule has 3 aromatic carbocycles. The van der Waals surface area contributed by atoms with Gasteiger partial charge in [-0.1, -0.05) is 71.2 Å². The maximum Gasteiger partial charge on any atom is 0.220 e. The summed E-state index contributed by atoms with van der Waals surface area (Å²) >= 11 is 12.5. The molecular formula is C26H24Cl2N2O2. The fourth-order valence-corrected chi connectivity index (χ4v) is 5.36.